The van der Waals surface area contributed by atoms with E-state index in [0.717, 1.165) is 22.5 Å². The smallest absolute Gasteiger partial charge is 0.173 e. The van der Waals surface area contributed by atoms with Crippen LogP contribution in [0.3, 0.4) is 0 Å². The molecule has 0 unspecified atom stereocenters. The minimum Gasteiger partial charge on any atom is -0.633 e. The van der Waals surface area contributed by atoms with Gasteiger partial charge in [0.25, 0.3) is 0 Å². The molecule has 0 saturated carbocycles. The lowest BCUT2D eigenvalue weighted by Crippen LogP contribution is -2.55. The van der Waals surface area contributed by atoms with Crippen molar-refractivity contribution < 1.29 is 4.65 Å². The van der Waals surface area contributed by atoms with Gasteiger partial charge in [0.05, 0.1) is 44.3 Å². The van der Waals surface area contributed by atoms with Gasteiger partial charge in [-0.05, 0) is 30.4 Å². The Hall–Kier alpha value is -1.70. The third-order valence-corrected chi connectivity index (χ3v) is 5.14. The molecule has 0 radical (unpaired) electrons. The van der Waals surface area contributed by atoms with Gasteiger partial charge >= 0.3 is 0 Å². The molecule has 2 heterocycles. The standard InChI is InChI=1S/C18H27N5OS/c1-18(2,3)16-20-14-7-6-13(12-15(14)21(16)4)19-17(25)22-8-10-23(5,24)11-9-22/h6-7,12H,8-11H2,1-5H3,(H,19,25). The number of hydroxylamine groups is 3. The van der Waals surface area contributed by atoms with Crippen LogP contribution in [0, 0.1) is 5.21 Å². The minimum atomic E-state index is -0.185. The van der Waals surface area contributed by atoms with E-state index in [-0.39, 0.29) is 10.1 Å². The van der Waals surface area contributed by atoms with E-state index in [1.54, 1.807) is 7.05 Å². The summed E-state index contributed by atoms with van der Waals surface area (Å²) in [6.45, 7) is 9.01. The fraction of sp³-hybridized carbons (Fsp3) is 0.556. The number of anilines is 1. The first-order valence-corrected chi connectivity index (χ1v) is 9.06. The molecule has 0 amide bonds. The van der Waals surface area contributed by atoms with Crippen molar-refractivity contribution in [2.45, 2.75) is 26.2 Å². The molecule has 136 valence electrons. The Morgan fingerprint density at radius 3 is 2.52 bits per heavy atom. The monoisotopic (exact) mass is 361 g/mol. The fourth-order valence-electron chi connectivity index (χ4n) is 3.23. The zero-order valence-electron chi connectivity index (χ0n) is 15.7. The molecule has 1 aromatic heterocycles. The van der Waals surface area contributed by atoms with Crippen LogP contribution >= 0.6 is 12.2 Å². The van der Waals surface area contributed by atoms with Crippen molar-refractivity contribution in [3.05, 3.63) is 29.2 Å². The zero-order valence-corrected chi connectivity index (χ0v) is 16.5. The van der Waals surface area contributed by atoms with Crippen molar-refractivity contribution in [2.75, 3.05) is 38.5 Å². The summed E-state index contributed by atoms with van der Waals surface area (Å²) in [4.78, 5) is 6.84. The molecule has 7 heteroatoms. The van der Waals surface area contributed by atoms with Gasteiger partial charge in [-0.15, -0.1) is 0 Å². The van der Waals surface area contributed by atoms with E-state index in [9.17, 15) is 5.21 Å². The van der Waals surface area contributed by atoms with Crippen LogP contribution < -0.4 is 5.32 Å². The van der Waals surface area contributed by atoms with Crippen molar-refractivity contribution in [1.82, 2.24) is 14.5 Å². The van der Waals surface area contributed by atoms with E-state index >= 15 is 0 Å². The fourth-order valence-corrected chi connectivity index (χ4v) is 3.53. The van der Waals surface area contributed by atoms with Gasteiger partial charge in [0.2, 0.25) is 0 Å². The number of thiocarbonyl (C=S) groups is 1. The van der Waals surface area contributed by atoms with Crippen LogP contribution in [0.15, 0.2) is 18.2 Å². The Balaban J connectivity index is 1.78. The number of rotatable bonds is 1. The number of benzene rings is 1. The summed E-state index contributed by atoms with van der Waals surface area (Å²) in [6.07, 6.45) is 0. The Labute approximate surface area is 154 Å². The maximum atomic E-state index is 12.0. The lowest BCUT2D eigenvalue weighted by Gasteiger charge is -2.45. The Kier molecular flexibility index (Phi) is 4.51. The molecule has 2 aromatic rings. The number of quaternary nitrogens is 1. The number of hydrogen-bond acceptors (Lipinski definition) is 3. The van der Waals surface area contributed by atoms with Crippen LogP contribution in [0.4, 0.5) is 5.69 Å². The van der Waals surface area contributed by atoms with Gasteiger partial charge in [0.15, 0.2) is 5.11 Å². The molecule has 1 N–H and O–H groups in total. The predicted molar refractivity (Wildman–Crippen MR) is 106 cm³/mol. The number of fused-ring (bicyclic) bond motifs is 1. The van der Waals surface area contributed by atoms with Crippen molar-refractivity contribution >= 4 is 34.1 Å². The van der Waals surface area contributed by atoms with Crippen molar-refractivity contribution in [3.63, 3.8) is 0 Å². The topological polar surface area (TPSA) is 56.2 Å². The number of aromatic nitrogens is 2. The quantitative estimate of drug-likeness (QED) is 0.481. The van der Waals surface area contributed by atoms with E-state index in [1.807, 2.05) is 12.1 Å². The van der Waals surface area contributed by atoms with Crippen LogP contribution in [0.1, 0.15) is 26.6 Å². The largest absolute Gasteiger partial charge is 0.633 e. The van der Waals surface area contributed by atoms with Gasteiger partial charge in [-0.25, -0.2) is 4.98 Å². The maximum absolute atomic E-state index is 12.0. The SMILES string of the molecule is Cn1c(C(C)(C)C)nc2ccc(NC(=S)N3CC[N+](C)([O-])CC3)cc21. The second-order valence-electron chi connectivity index (χ2n) is 8.11. The summed E-state index contributed by atoms with van der Waals surface area (Å²) in [5, 5.41) is 15.9. The van der Waals surface area contributed by atoms with Gasteiger partial charge in [-0.2, -0.15) is 0 Å². The Bertz CT molecular complexity index is 796. The van der Waals surface area contributed by atoms with E-state index in [2.05, 4.69) is 48.7 Å². The normalized spacial score (nSPS) is 17.8. The highest BCUT2D eigenvalue weighted by Crippen LogP contribution is 2.27. The molecule has 1 aliphatic heterocycles. The summed E-state index contributed by atoms with van der Waals surface area (Å²) in [5.74, 6) is 1.06. The van der Waals surface area contributed by atoms with E-state index in [4.69, 9.17) is 17.2 Å². The van der Waals surface area contributed by atoms with Gasteiger partial charge < -0.3 is 24.6 Å². The van der Waals surface area contributed by atoms with Gasteiger partial charge in [-0.3, -0.25) is 0 Å². The van der Waals surface area contributed by atoms with Crippen LogP contribution in [0.25, 0.3) is 11.0 Å². The van der Waals surface area contributed by atoms with Crippen molar-refractivity contribution in [2.24, 2.45) is 7.05 Å². The number of imidazole rings is 1. The predicted octanol–water partition coefficient (Wildman–Crippen LogP) is 2.83. The summed E-state index contributed by atoms with van der Waals surface area (Å²) in [6, 6.07) is 6.12. The number of nitrogens with zero attached hydrogens (tertiary/aromatic N) is 4. The molecule has 3 rings (SSSR count). The average molecular weight is 362 g/mol. The third kappa shape index (κ3) is 3.78. The molecule has 6 nitrogen and oxygen atoms in total. The minimum absolute atomic E-state index is 0.00626. The molecule has 0 bridgehead atoms. The Morgan fingerprint density at radius 1 is 1.28 bits per heavy atom. The maximum Gasteiger partial charge on any atom is 0.173 e. The van der Waals surface area contributed by atoms with Crippen molar-refractivity contribution in [3.8, 4) is 0 Å². The first-order chi connectivity index (χ1) is 11.6. The molecule has 0 atom stereocenters. The second kappa shape index (κ2) is 6.23. The molecule has 1 saturated heterocycles. The Morgan fingerprint density at radius 2 is 1.92 bits per heavy atom. The highest BCUT2D eigenvalue weighted by Gasteiger charge is 2.24. The number of likely N-dealkylation sites (N-methyl/N-ethyl adjacent to an activating group) is 1. The summed E-state index contributed by atoms with van der Waals surface area (Å²) in [5.41, 5.74) is 3.01. The summed E-state index contributed by atoms with van der Waals surface area (Å²) in [7, 11) is 3.77. The molecule has 1 fully saturated rings. The highest BCUT2D eigenvalue weighted by molar-refractivity contribution is 7.80. The molecule has 1 aliphatic rings. The van der Waals surface area contributed by atoms with Crippen LogP contribution in [-0.4, -0.2) is 57.4 Å². The first-order valence-electron chi connectivity index (χ1n) is 8.65. The second-order valence-corrected chi connectivity index (χ2v) is 8.50. The van der Waals surface area contributed by atoms with Gasteiger partial charge in [0.1, 0.15) is 5.82 Å². The summed E-state index contributed by atoms with van der Waals surface area (Å²) >= 11 is 5.53. The molecule has 0 aliphatic carbocycles. The summed E-state index contributed by atoms with van der Waals surface area (Å²) < 4.78 is 1.96. The molecular formula is C18H27N5OS. The number of nitrogens with one attached hydrogen (secondary N) is 1. The third-order valence-electron chi connectivity index (χ3n) is 4.78. The number of hydrogen-bond donors (Lipinski definition) is 1. The molecule has 25 heavy (non-hydrogen) atoms. The van der Waals surface area contributed by atoms with Crippen molar-refractivity contribution in [1.29, 1.82) is 0 Å². The van der Waals surface area contributed by atoms with Crippen LogP contribution in [0.5, 0.6) is 0 Å². The van der Waals surface area contributed by atoms with Crippen LogP contribution in [0.2, 0.25) is 0 Å². The zero-order chi connectivity index (χ0) is 18.4. The van der Waals surface area contributed by atoms with E-state index < -0.39 is 0 Å². The van der Waals surface area contributed by atoms with Gasteiger partial charge in [0, 0.05) is 18.2 Å². The lowest BCUT2D eigenvalue weighted by atomic mass is 9.96. The molecule has 1 aromatic carbocycles. The molecule has 0 spiro atoms. The average Bonchev–Trinajstić information content (AvgIpc) is 2.84. The van der Waals surface area contributed by atoms with E-state index in [0.29, 0.717) is 31.3 Å². The molecular weight excluding hydrogens is 334 g/mol. The highest BCUT2D eigenvalue weighted by atomic mass is 32.1. The number of aryl methyl sites for hydroxylation is 1. The van der Waals surface area contributed by atoms with E-state index in [1.165, 1.54) is 0 Å². The number of piperazine rings is 1. The first kappa shape index (κ1) is 18.1. The van der Waals surface area contributed by atoms with Crippen LogP contribution in [-0.2, 0) is 12.5 Å². The van der Waals surface area contributed by atoms with Gasteiger partial charge in [-0.1, -0.05) is 20.8 Å². The lowest BCUT2D eigenvalue weighted by molar-refractivity contribution is -0.864.